The molecule has 1 heterocycles. The molecule has 16 heavy (non-hydrogen) atoms. The largest absolute Gasteiger partial charge is 0.480 e. The van der Waals surface area contributed by atoms with Crippen molar-refractivity contribution in [2.24, 2.45) is 5.73 Å². The average molecular weight is 282 g/mol. The monoisotopic (exact) mass is 281 g/mol. The Hall–Kier alpha value is -1.20. The van der Waals surface area contributed by atoms with E-state index in [2.05, 4.69) is 25.9 Å². The zero-order valence-electron chi connectivity index (χ0n) is 8.90. The van der Waals surface area contributed by atoms with Gasteiger partial charge in [0.05, 0.1) is 18.0 Å². The molecule has 2 N–H and O–H groups in total. The van der Waals surface area contributed by atoms with Gasteiger partial charge in [-0.25, -0.2) is 4.98 Å². The number of halogens is 1. The molecule has 0 saturated carbocycles. The zero-order chi connectivity index (χ0) is 11.5. The van der Waals surface area contributed by atoms with E-state index in [1.807, 2.05) is 18.2 Å². The second-order valence-electron chi connectivity index (χ2n) is 3.32. The lowest BCUT2D eigenvalue weighted by atomic mass is 10.2. The van der Waals surface area contributed by atoms with Gasteiger partial charge in [0, 0.05) is 10.9 Å². The van der Waals surface area contributed by atoms with Gasteiger partial charge < -0.3 is 10.5 Å². The minimum atomic E-state index is 0.530. The molecule has 0 amide bonds. The number of ether oxygens (including phenoxy) is 1. The van der Waals surface area contributed by atoms with Gasteiger partial charge >= 0.3 is 0 Å². The Kier molecular flexibility index (Phi) is 3.36. The Morgan fingerprint density at radius 3 is 2.88 bits per heavy atom. The molecule has 2 rings (SSSR count). The number of nitrogens with zero attached hydrogens (tertiary/aromatic N) is 2. The Labute approximate surface area is 102 Å². The fraction of sp³-hybridized carbons (Fsp3) is 0.273. The molecular formula is C11H12BrN3O. The first kappa shape index (κ1) is 11.3. The van der Waals surface area contributed by atoms with Gasteiger partial charge in [0.1, 0.15) is 5.82 Å². The topological polar surface area (TPSA) is 61.0 Å². The molecular weight excluding hydrogens is 270 g/mol. The van der Waals surface area contributed by atoms with E-state index >= 15 is 0 Å². The quantitative estimate of drug-likeness (QED) is 0.934. The van der Waals surface area contributed by atoms with Crippen molar-refractivity contribution >= 4 is 26.8 Å². The number of hydrogen-bond acceptors (Lipinski definition) is 4. The predicted octanol–water partition coefficient (Wildman–Crippen LogP) is 1.90. The molecule has 0 spiro atoms. The summed E-state index contributed by atoms with van der Waals surface area (Å²) in [6.07, 6.45) is 0.652. The van der Waals surface area contributed by atoms with E-state index < -0.39 is 0 Å². The van der Waals surface area contributed by atoms with Crippen molar-refractivity contribution in [1.82, 2.24) is 9.97 Å². The highest BCUT2D eigenvalue weighted by Crippen LogP contribution is 2.29. The van der Waals surface area contributed by atoms with Crippen molar-refractivity contribution in [3.05, 3.63) is 28.5 Å². The summed E-state index contributed by atoms with van der Waals surface area (Å²) in [6, 6.07) is 5.81. The fourth-order valence-corrected chi connectivity index (χ4v) is 2.07. The lowest BCUT2D eigenvalue weighted by Crippen LogP contribution is -2.07. The van der Waals surface area contributed by atoms with Gasteiger partial charge in [-0.05, 0) is 34.6 Å². The number of hydrogen-bond donors (Lipinski definition) is 1. The molecule has 0 aliphatic carbocycles. The molecule has 0 atom stereocenters. The van der Waals surface area contributed by atoms with Crippen LogP contribution < -0.4 is 10.5 Å². The third-order valence-corrected chi connectivity index (χ3v) is 2.91. The van der Waals surface area contributed by atoms with Crippen LogP contribution in [0.2, 0.25) is 0 Å². The van der Waals surface area contributed by atoms with Crippen molar-refractivity contribution in [1.29, 1.82) is 0 Å². The number of rotatable bonds is 3. The molecule has 0 fully saturated rings. The van der Waals surface area contributed by atoms with Gasteiger partial charge in [-0.2, -0.15) is 4.98 Å². The summed E-state index contributed by atoms with van der Waals surface area (Å²) in [4.78, 5) is 8.76. The van der Waals surface area contributed by atoms with Gasteiger partial charge in [0.25, 0.3) is 0 Å². The van der Waals surface area contributed by atoms with E-state index in [4.69, 9.17) is 10.5 Å². The molecule has 4 nitrogen and oxygen atoms in total. The van der Waals surface area contributed by atoms with Crippen LogP contribution in [-0.4, -0.2) is 23.6 Å². The van der Waals surface area contributed by atoms with E-state index in [-0.39, 0.29) is 0 Å². The summed E-state index contributed by atoms with van der Waals surface area (Å²) in [6.45, 7) is 0.530. The van der Waals surface area contributed by atoms with E-state index in [1.54, 1.807) is 7.11 Å². The smallest absolute Gasteiger partial charge is 0.225 e. The van der Waals surface area contributed by atoms with Gasteiger partial charge in [-0.15, -0.1) is 0 Å². The van der Waals surface area contributed by atoms with Crippen LogP contribution in [0.5, 0.6) is 5.88 Å². The highest BCUT2D eigenvalue weighted by Gasteiger charge is 2.10. The third kappa shape index (κ3) is 2.01. The molecule has 1 aromatic carbocycles. The van der Waals surface area contributed by atoms with E-state index in [1.165, 1.54) is 0 Å². The maximum atomic E-state index is 5.50. The van der Waals surface area contributed by atoms with Crippen LogP contribution in [-0.2, 0) is 6.42 Å². The first-order valence-corrected chi connectivity index (χ1v) is 5.74. The molecule has 5 heteroatoms. The molecule has 2 aromatic rings. The van der Waals surface area contributed by atoms with Crippen molar-refractivity contribution in [2.45, 2.75) is 6.42 Å². The lowest BCUT2D eigenvalue weighted by molar-refractivity contribution is 0.400. The second kappa shape index (κ2) is 4.76. The SMILES string of the molecule is COc1nc(CCN)nc2cccc(Br)c12. The van der Waals surface area contributed by atoms with Crippen LogP contribution in [0.4, 0.5) is 0 Å². The van der Waals surface area contributed by atoms with Gasteiger partial charge in [0.2, 0.25) is 5.88 Å². The van der Waals surface area contributed by atoms with E-state index in [0.29, 0.717) is 24.7 Å². The summed E-state index contributed by atoms with van der Waals surface area (Å²) in [5, 5.41) is 0.894. The summed E-state index contributed by atoms with van der Waals surface area (Å²) in [5.74, 6) is 1.30. The molecule has 0 radical (unpaired) electrons. The van der Waals surface area contributed by atoms with E-state index in [0.717, 1.165) is 15.4 Å². The Morgan fingerprint density at radius 2 is 2.19 bits per heavy atom. The van der Waals surface area contributed by atoms with Gasteiger partial charge in [-0.3, -0.25) is 0 Å². The molecule has 1 aromatic heterocycles. The van der Waals surface area contributed by atoms with Gasteiger partial charge in [0.15, 0.2) is 0 Å². The Morgan fingerprint density at radius 1 is 1.38 bits per heavy atom. The van der Waals surface area contributed by atoms with Crippen molar-refractivity contribution in [3.63, 3.8) is 0 Å². The first-order valence-electron chi connectivity index (χ1n) is 4.95. The van der Waals surface area contributed by atoms with Crippen molar-refractivity contribution in [2.75, 3.05) is 13.7 Å². The number of nitrogens with two attached hydrogens (primary N) is 1. The maximum Gasteiger partial charge on any atom is 0.225 e. The van der Waals surface area contributed by atoms with Crippen LogP contribution in [0.15, 0.2) is 22.7 Å². The average Bonchev–Trinajstić information content (AvgIpc) is 2.28. The summed E-state index contributed by atoms with van der Waals surface area (Å²) in [7, 11) is 1.60. The zero-order valence-corrected chi connectivity index (χ0v) is 10.5. The Bertz CT molecular complexity index is 516. The standard InChI is InChI=1S/C11H12BrN3O/c1-16-11-10-7(12)3-2-4-8(10)14-9(15-11)5-6-13/h2-4H,5-6,13H2,1H3. The van der Waals surface area contributed by atoms with Crippen LogP contribution >= 0.6 is 15.9 Å². The van der Waals surface area contributed by atoms with Crippen LogP contribution in [0.25, 0.3) is 10.9 Å². The molecule has 0 unspecified atom stereocenters. The van der Waals surface area contributed by atoms with Crippen LogP contribution in [0.3, 0.4) is 0 Å². The molecule has 0 saturated heterocycles. The maximum absolute atomic E-state index is 5.50. The molecule has 84 valence electrons. The molecule has 0 bridgehead atoms. The minimum Gasteiger partial charge on any atom is -0.480 e. The third-order valence-electron chi connectivity index (χ3n) is 2.25. The van der Waals surface area contributed by atoms with Gasteiger partial charge in [-0.1, -0.05) is 6.07 Å². The molecule has 0 aliphatic heterocycles. The number of methoxy groups -OCH3 is 1. The summed E-state index contributed by atoms with van der Waals surface area (Å²) in [5.41, 5.74) is 6.36. The number of aromatic nitrogens is 2. The second-order valence-corrected chi connectivity index (χ2v) is 4.18. The van der Waals surface area contributed by atoms with Crippen LogP contribution in [0.1, 0.15) is 5.82 Å². The van der Waals surface area contributed by atoms with E-state index in [9.17, 15) is 0 Å². The summed E-state index contributed by atoms with van der Waals surface area (Å²) < 4.78 is 6.20. The fourth-order valence-electron chi connectivity index (χ4n) is 1.54. The molecule has 0 aliphatic rings. The Balaban J connectivity index is 2.68. The number of benzene rings is 1. The van der Waals surface area contributed by atoms with Crippen molar-refractivity contribution in [3.8, 4) is 5.88 Å². The highest BCUT2D eigenvalue weighted by atomic mass is 79.9. The highest BCUT2D eigenvalue weighted by molar-refractivity contribution is 9.10. The first-order chi connectivity index (χ1) is 7.76. The predicted molar refractivity (Wildman–Crippen MR) is 66.5 cm³/mol. The van der Waals surface area contributed by atoms with Crippen LogP contribution in [0, 0.1) is 0 Å². The van der Waals surface area contributed by atoms with Crippen molar-refractivity contribution < 1.29 is 4.74 Å². The number of fused-ring (bicyclic) bond motifs is 1. The summed E-state index contributed by atoms with van der Waals surface area (Å²) >= 11 is 3.47. The lowest BCUT2D eigenvalue weighted by Gasteiger charge is -2.08. The minimum absolute atomic E-state index is 0.530. The normalized spacial score (nSPS) is 10.7.